The monoisotopic (exact) mass is 430 g/mol. The average Bonchev–Trinajstić information content (AvgIpc) is 3.28. The normalized spacial score (nSPS) is 26.1. The Morgan fingerprint density at radius 2 is 1.97 bits per heavy atom. The molecule has 4 rings (SSSR count). The second-order valence-electron chi connectivity index (χ2n) is 8.37. The van der Waals surface area contributed by atoms with E-state index in [9.17, 15) is 18.0 Å². The van der Waals surface area contributed by atoms with Crippen molar-refractivity contribution in [3.63, 3.8) is 0 Å². The second-order valence-corrected chi connectivity index (χ2v) is 10.3. The van der Waals surface area contributed by atoms with E-state index in [1.807, 2.05) is 17.9 Å². The van der Waals surface area contributed by atoms with Crippen LogP contribution in [0.1, 0.15) is 32.3 Å². The van der Waals surface area contributed by atoms with Crippen molar-refractivity contribution >= 4 is 21.8 Å². The SMILES string of the molecule is CCN1C(=O)[C@H]2CN(C(C)=O)C[C@H]2C12CCN(S(=O)(=O)c1cccc(C#N)c1)CC2. The van der Waals surface area contributed by atoms with Crippen LogP contribution in [0.3, 0.4) is 0 Å². The van der Waals surface area contributed by atoms with Crippen LogP contribution in [0.5, 0.6) is 0 Å². The lowest BCUT2D eigenvalue weighted by Gasteiger charge is -2.47. The van der Waals surface area contributed by atoms with Gasteiger partial charge < -0.3 is 9.80 Å². The average molecular weight is 431 g/mol. The van der Waals surface area contributed by atoms with Gasteiger partial charge in [-0.3, -0.25) is 9.59 Å². The highest BCUT2D eigenvalue weighted by atomic mass is 32.2. The third kappa shape index (κ3) is 3.01. The molecule has 30 heavy (non-hydrogen) atoms. The summed E-state index contributed by atoms with van der Waals surface area (Å²) < 4.78 is 27.7. The number of hydrogen-bond acceptors (Lipinski definition) is 5. The van der Waals surface area contributed by atoms with Crippen LogP contribution < -0.4 is 0 Å². The van der Waals surface area contributed by atoms with Crippen LogP contribution >= 0.6 is 0 Å². The molecule has 0 radical (unpaired) electrons. The number of hydrogen-bond donors (Lipinski definition) is 0. The van der Waals surface area contributed by atoms with E-state index in [0.29, 0.717) is 51.1 Å². The van der Waals surface area contributed by atoms with E-state index in [1.54, 1.807) is 17.0 Å². The summed E-state index contributed by atoms with van der Waals surface area (Å²) in [5.74, 6) is -0.0815. The largest absolute Gasteiger partial charge is 0.342 e. The van der Waals surface area contributed by atoms with Crippen LogP contribution in [0.25, 0.3) is 0 Å². The smallest absolute Gasteiger partial charge is 0.243 e. The Morgan fingerprint density at radius 3 is 2.57 bits per heavy atom. The molecule has 1 aromatic carbocycles. The van der Waals surface area contributed by atoms with Gasteiger partial charge in [-0.05, 0) is 38.0 Å². The molecule has 2 amide bonds. The predicted molar refractivity (Wildman–Crippen MR) is 109 cm³/mol. The fourth-order valence-electron chi connectivity index (χ4n) is 5.58. The number of rotatable bonds is 3. The van der Waals surface area contributed by atoms with Crippen molar-refractivity contribution in [2.24, 2.45) is 11.8 Å². The highest BCUT2D eigenvalue weighted by Crippen LogP contribution is 2.50. The third-order valence-electron chi connectivity index (χ3n) is 7.08. The number of likely N-dealkylation sites (tertiary alicyclic amines) is 2. The minimum absolute atomic E-state index is 0.0206. The van der Waals surface area contributed by atoms with E-state index in [4.69, 9.17) is 5.26 Å². The summed E-state index contributed by atoms with van der Waals surface area (Å²) in [6, 6.07) is 8.04. The number of benzene rings is 1. The minimum atomic E-state index is -3.71. The standard InChI is InChI=1S/C21H26N4O4S/c1-3-25-20(27)18-13-23(15(2)26)14-19(18)21(25)7-9-24(10-8-21)30(28,29)17-6-4-5-16(11-17)12-22/h4-6,11,18-19H,3,7-10,13-14H2,1-2H3/t18-,19+/m0/s1. The number of fused-ring (bicyclic) bond motifs is 2. The molecule has 0 saturated carbocycles. The van der Waals surface area contributed by atoms with E-state index in [0.717, 1.165) is 0 Å². The molecule has 0 N–H and O–H groups in total. The molecular weight excluding hydrogens is 404 g/mol. The first-order chi connectivity index (χ1) is 14.2. The van der Waals surface area contributed by atoms with Crippen molar-refractivity contribution in [3.8, 4) is 6.07 Å². The second kappa shape index (κ2) is 7.36. The molecule has 2 atom stereocenters. The molecule has 8 nitrogen and oxygen atoms in total. The Labute approximate surface area is 177 Å². The molecule has 3 aliphatic rings. The number of amides is 2. The van der Waals surface area contributed by atoms with Gasteiger partial charge in [-0.2, -0.15) is 9.57 Å². The Morgan fingerprint density at radius 1 is 1.27 bits per heavy atom. The predicted octanol–water partition coefficient (Wildman–Crippen LogP) is 1.04. The molecule has 3 heterocycles. The molecule has 3 saturated heterocycles. The van der Waals surface area contributed by atoms with Crippen molar-refractivity contribution in [3.05, 3.63) is 29.8 Å². The van der Waals surface area contributed by atoms with Gasteiger partial charge >= 0.3 is 0 Å². The molecule has 0 aromatic heterocycles. The summed E-state index contributed by atoms with van der Waals surface area (Å²) in [6.07, 6.45) is 1.10. The number of nitriles is 1. The fraction of sp³-hybridized carbons (Fsp3) is 0.571. The lowest BCUT2D eigenvalue weighted by Crippen LogP contribution is -2.57. The quantitative estimate of drug-likeness (QED) is 0.713. The Bertz CT molecular complexity index is 1020. The molecule has 1 aromatic rings. The lowest BCUT2D eigenvalue weighted by atomic mass is 9.75. The highest BCUT2D eigenvalue weighted by molar-refractivity contribution is 7.89. The molecule has 1 spiro atoms. The van der Waals surface area contributed by atoms with Crippen molar-refractivity contribution in [1.29, 1.82) is 5.26 Å². The van der Waals surface area contributed by atoms with Crippen LogP contribution in [0.2, 0.25) is 0 Å². The molecular formula is C21H26N4O4S. The fourth-order valence-corrected chi connectivity index (χ4v) is 7.06. The zero-order valence-electron chi connectivity index (χ0n) is 17.2. The first-order valence-corrected chi connectivity index (χ1v) is 11.8. The third-order valence-corrected chi connectivity index (χ3v) is 8.98. The number of sulfonamides is 1. The first-order valence-electron chi connectivity index (χ1n) is 10.3. The van der Waals surface area contributed by atoms with Crippen LogP contribution in [-0.4, -0.2) is 72.6 Å². The summed E-state index contributed by atoms with van der Waals surface area (Å²) in [5.41, 5.74) is -0.0949. The van der Waals surface area contributed by atoms with Gasteiger partial charge in [0.15, 0.2) is 0 Å². The van der Waals surface area contributed by atoms with Crippen LogP contribution in [0.4, 0.5) is 0 Å². The van der Waals surface area contributed by atoms with Gasteiger partial charge in [-0.15, -0.1) is 0 Å². The number of carbonyl (C=O) groups is 2. The van der Waals surface area contributed by atoms with E-state index in [2.05, 4.69) is 0 Å². The summed E-state index contributed by atoms with van der Waals surface area (Å²) in [7, 11) is -3.71. The van der Waals surface area contributed by atoms with Gasteiger partial charge in [-0.25, -0.2) is 8.42 Å². The highest BCUT2D eigenvalue weighted by Gasteiger charge is 2.61. The summed E-state index contributed by atoms with van der Waals surface area (Å²) in [6.45, 7) is 5.71. The first kappa shape index (κ1) is 20.8. The molecule has 3 aliphatic heterocycles. The van der Waals surface area contributed by atoms with Gasteiger partial charge in [0.25, 0.3) is 0 Å². The molecule has 0 aliphatic carbocycles. The van der Waals surface area contributed by atoms with E-state index >= 15 is 0 Å². The maximum Gasteiger partial charge on any atom is 0.243 e. The molecule has 0 bridgehead atoms. The zero-order chi connectivity index (χ0) is 21.7. The topological polar surface area (TPSA) is 102 Å². The van der Waals surface area contributed by atoms with Crippen LogP contribution in [0.15, 0.2) is 29.2 Å². The van der Waals surface area contributed by atoms with E-state index in [-0.39, 0.29) is 28.5 Å². The van der Waals surface area contributed by atoms with Crippen LogP contribution in [-0.2, 0) is 19.6 Å². The van der Waals surface area contributed by atoms with Crippen LogP contribution in [0, 0.1) is 23.2 Å². The number of carbonyl (C=O) groups excluding carboxylic acids is 2. The molecule has 0 unspecified atom stereocenters. The van der Waals surface area contributed by atoms with Gasteiger partial charge in [0.05, 0.1) is 28.0 Å². The lowest BCUT2D eigenvalue weighted by molar-refractivity contribution is -0.136. The van der Waals surface area contributed by atoms with E-state index in [1.165, 1.54) is 23.4 Å². The van der Waals surface area contributed by atoms with Gasteiger partial charge in [-0.1, -0.05) is 6.07 Å². The number of piperidine rings is 1. The Hall–Kier alpha value is -2.44. The Balaban J connectivity index is 1.58. The van der Waals surface area contributed by atoms with Crippen molar-refractivity contribution < 1.29 is 18.0 Å². The Kier molecular flexibility index (Phi) is 5.11. The summed E-state index contributed by atoms with van der Waals surface area (Å²) >= 11 is 0. The van der Waals surface area contributed by atoms with E-state index < -0.39 is 15.6 Å². The summed E-state index contributed by atoms with van der Waals surface area (Å²) in [4.78, 5) is 28.7. The summed E-state index contributed by atoms with van der Waals surface area (Å²) in [5, 5.41) is 9.08. The van der Waals surface area contributed by atoms with Gasteiger partial charge in [0.2, 0.25) is 21.8 Å². The van der Waals surface area contributed by atoms with Gasteiger partial charge in [0, 0.05) is 45.6 Å². The molecule has 3 fully saturated rings. The maximum absolute atomic E-state index is 13.1. The van der Waals surface area contributed by atoms with Crippen molar-refractivity contribution in [2.45, 2.75) is 37.1 Å². The van der Waals surface area contributed by atoms with Gasteiger partial charge in [0.1, 0.15) is 0 Å². The minimum Gasteiger partial charge on any atom is -0.342 e. The number of nitrogens with zero attached hydrogens (tertiary/aromatic N) is 4. The zero-order valence-corrected chi connectivity index (χ0v) is 18.1. The van der Waals surface area contributed by atoms with Crippen molar-refractivity contribution in [2.75, 3.05) is 32.7 Å². The maximum atomic E-state index is 13.1. The molecule has 160 valence electrons. The molecule has 9 heteroatoms. The van der Waals surface area contributed by atoms with Crippen molar-refractivity contribution in [1.82, 2.24) is 14.1 Å².